The zero-order valence-electron chi connectivity index (χ0n) is 10.6. The maximum absolute atomic E-state index is 11.8. The summed E-state index contributed by atoms with van der Waals surface area (Å²) in [6, 6.07) is 1.25. The molecule has 0 bridgehead atoms. The number of hydrogen-bond donors (Lipinski definition) is 1. The molecule has 1 N–H and O–H groups in total. The lowest BCUT2D eigenvalue weighted by Crippen LogP contribution is -2.22. The Hall–Kier alpha value is -1.02. The molecule has 1 heterocycles. The Morgan fingerprint density at radius 3 is 1.81 bits per heavy atom. The summed E-state index contributed by atoms with van der Waals surface area (Å²) >= 11 is 0. The van der Waals surface area contributed by atoms with Gasteiger partial charge in [-0.1, -0.05) is 0 Å². The molecule has 2 rings (SSSR count). The maximum Gasteiger partial charge on any atom is 0.256 e. The fraction of sp³-hybridized carbons (Fsp3) is 0.250. The van der Waals surface area contributed by atoms with Gasteiger partial charge in [0, 0.05) is 12.5 Å². The Morgan fingerprint density at radius 1 is 0.857 bits per heavy atom. The second-order valence-corrected chi connectivity index (χ2v) is 11.9. The lowest BCUT2D eigenvalue weighted by atomic mass is 10.3. The monoisotopic (exact) mass is 375 g/mol. The summed E-state index contributed by atoms with van der Waals surface area (Å²) in [6.07, 6.45) is 1.39. The highest BCUT2D eigenvalue weighted by Gasteiger charge is 2.43. The van der Waals surface area contributed by atoms with E-state index < -0.39 is 59.3 Å². The van der Waals surface area contributed by atoms with Gasteiger partial charge >= 0.3 is 0 Å². The van der Waals surface area contributed by atoms with Gasteiger partial charge in [-0.05, 0) is 12.1 Å². The van der Waals surface area contributed by atoms with Crippen molar-refractivity contribution in [3.63, 3.8) is 0 Å². The van der Waals surface area contributed by atoms with Crippen molar-refractivity contribution in [3.8, 4) is 0 Å². The van der Waals surface area contributed by atoms with E-state index in [9.17, 15) is 33.7 Å². The van der Waals surface area contributed by atoms with E-state index in [1.165, 1.54) is 4.13 Å². The molecule has 1 aromatic carbocycles. The molecule has 1 aromatic rings. The molecule has 1 aliphatic rings. The lowest BCUT2D eigenvalue weighted by molar-refractivity contribution is 0.580. The van der Waals surface area contributed by atoms with Gasteiger partial charge in [0.05, 0.1) is 9.79 Å². The first kappa shape index (κ1) is 16.4. The van der Waals surface area contributed by atoms with Crippen LogP contribution in [-0.4, -0.2) is 46.2 Å². The van der Waals surface area contributed by atoms with Crippen molar-refractivity contribution in [3.05, 3.63) is 12.1 Å². The Kier molecular flexibility index (Phi) is 3.31. The first-order valence-corrected chi connectivity index (χ1v) is 11.8. The molecule has 1 aliphatic heterocycles. The van der Waals surface area contributed by atoms with Gasteiger partial charge in [-0.3, -0.25) is 0 Å². The third-order valence-corrected chi connectivity index (χ3v) is 8.70. The first-order chi connectivity index (χ1) is 9.16. The van der Waals surface area contributed by atoms with E-state index in [0.29, 0.717) is 18.4 Å². The Morgan fingerprint density at radius 2 is 1.38 bits per heavy atom. The number of fused-ring (bicyclic) bond motifs is 1. The summed E-state index contributed by atoms with van der Waals surface area (Å²) in [5, 5.41) is 0. The Balaban J connectivity index is 3.16. The number of sulfonamides is 2. The molecular weight excluding hydrogens is 366 g/mol. The van der Waals surface area contributed by atoms with Gasteiger partial charge in [0.15, 0.2) is 19.7 Å². The van der Waals surface area contributed by atoms with Crippen molar-refractivity contribution in [2.75, 3.05) is 12.5 Å². The molecule has 0 aromatic heterocycles. The van der Waals surface area contributed by atoms with Crippen LogP contribution in [0.3, 0.4) is 0 Å². The Labute approximate surface area is 121 Å². The van der Waals surface area contributed by atoms with E-state index in [2.05, 4.69) is 0 Å². The predicted molar refractivity (Wildman–Crippen MR) is 70.2 cm³/mol. The van der Waals surface area contributed by atoms with Gasteiger partial charge in [0.25, 0.3) is 20.0 Å². The van der Waals surface area contributed by atoms with Crippen LogP contribution in [0.1, 0.15) is 0 Å². The smallest absolute Gasteiger partial charge is 0.224 e. The van der Waals surface area contributed by atoms with Gasteiger partial charge < -0.3 is 0 Å². The predicted octanol–water partition coefficient (Wildman–Crippen LogP) is -1.53. The van der Waals surface area contributed by atoms with E-state index in [1.54, 1.807) is 0 Å². The highest BCUT2D eigenvalue weighted by Crippen LogP contribution is 2.36. The van der Waals surface area contributed by atoms with Crippen molar-refractivity contribution in [2.24, 2.45) is 0 Å². The molecule has 0 aliphatic carbocycles. The molecule has 0 saturated heterocycles. The minimum absolute atomic E-state index is 0.607. The quantitative estimate of drug-likeness (QED) is 0.654. The zero-order valence-corrected chi connectivity index (χ0v) is 13.8. The summed E-state index contributed by atoms with van der Waals surface area (Å²) in [6.45, 7) is 0. The zero-order chi connectivity index (χ0) is 16.4. The molecule has 21 heavy (non-hydrogen) atoms. The molecule has 0 saturated carbocycles. The van der Waals surface area contributed by atoms with Gasteiger partial charge in [0.1, 0.15) is 9.79 Å². The third kappa shape index (κ3) is 2.70. The van der Waals surface area contributed by atoms with Crippen molar-refractivity contribution < 1.29 is 33.7 Å². The fourth-order valence-electron chi connectivity index (χ4n) is 1.74. The van der Waals surface area contributed by atoms with Crippen molar-refractivity contribution in [2.45, 2.75) is 19.6 Å². The summed E-state index contributed by atoms with van der Waals surface area (Å²) in [5.41, 5.74) is 0. The minimum Gasteiger partial charge on any atom is -0.224 e. The topological polar surface area (TPSA) is 149 Å². The first-order valence-electron chi connectivity index (χ1n) is 5.03. The van der Waals surface area contributed by atoms with Crippen LogP contribution in [0.25, 0.3) is 0 Å². The SMILES string of the molecule is CS(=O)(=O)c1cc(S(C)(=O)=O)c2c(c1)S(=O)(=O)NS2(=O)=O. The van der Waals surface area contributed by atoms with E-state index in [1.807, 2.05) is 0 Å². The van der Waals surface area contributed by atoms with E-state index in [0.717, 1.165) is 6.26 Å². The van der Waals surface area contributed by atoms with Crippen LogP contribution in [0.4, 0.5) is 0 Å². The van der Waals surface area contributed by atoms with Crippen LogP contribution in [-0.2, 0) is 39.7 Å². The maximum atomic E-state index is 11.8. The molecule has 9 nitrogen and oxygen atoms in total. The summed E-state index contributed by atoms with van der Waals surface area (Å²) in [7, 11) is -17.3. The number of rotatable bonds is 2. The Bertz CT molecular complexity index is 1060. The van der Waals surface area contributed by atoms with E-state index in [4.69, 9.17) is 0 Å². The number of nitrogens with one attached hydrogen (secondary N) is 1. The molecule has 0 spiro atoms. The summed E-state index contributed by atoms with van der Waals surface area (Å²) in [4.78, 5) is -3.35. The second kappa shape index (κ2) is 4.25. The standard InChI is InChI=1S/C8H9NO8S4/c1-18(10,11)5-3-6(19(2,12)13)8-7(4-5)20(14,15)9-21(8,16)17/h3-4,9H,1-2H3. The fourth-order valence-corrected chi connectivity index (χ4v) is 7.98. The third-order valence-electron chi connectivity index (χ3n) is 2.60. The average molecular weight is 375 g/mol. The van der Waals surface area contributed by atoms with Crippen molar-refractivity contribution >= 4 is 39.7 Å². The number of hydrogen-bond acceptors (Lipinski definition) is 8. The van der Waals surface area contributed by atoms with Gasteiger partial charge in [-0.15, -0.1) is 4.13 Å². The number of benzene rings is 1. The molecule has 0 radical (unpaired) electrons. The van der Waals surface area contributed by atoms with Crippen LogP contribution in [0.15, 0.2) is 31.7 Å². The van der Waals surface area contributed by atoms with Crippen LogP contribution in [0.2, 0.25) is 0 Å². The lowest BCUT2D eigenvalue weighted by Gasteiger charge is -2.07. The van der Waals surface area contributed by atoms with Gasteiger partial charge in [0.2, 0.25) is 0 Å². The highest BCUT2D eigenvalue weighted by atomic mass is 32.3. The second-order valence-electron chi connectivity index (χ2n) is 4.38. The molecule has 0 fully saturated rings. The van der Waals surface area contributed by atoms with Crippen LogP contribution < -0.4 is 4.13 Å². The van der Waals surface area contributed by atoms with Gasteiger partial charge in [-0.25, -0.2) is 33.7 Å². The highest BCUT2D eigenvalue weighted by molar-refractivity contribution is 8.07. The molecular formula is C8H9NO8S4. The summed E-state index contributed by atoms with van der Waals surface area (Å²) < 4.78 is 94.8. The molecule has 0 unspecified atom stereocenters. The largest absolute Gasteiger partial charge is 0.256 e. The van der Waals surface area contributed by atoms with Crippen LogP contribution >= 0.6 is 0 Å². The average Bonchev–Trinajstić information content (AvgIpc) is 2.41. The molecule has 118 valence electrons. The molecule has 13 heteroatoms. The number of sulfone groups is 2. The minimum atomic E-state index is -4.60. The van der Waals surface area contributed by atoms with E-state index >= 15 is 0 Å². The van der Waals surface area contributed by atoms with Crippen molar-refractivity contribution in [1.82, 2.24) is 4.13 Å². The molecule has 0 atom stereocenters. The van der Waals surface area contributed by atoms with Crippen LogP contribution in [0, 0.1) is 0 Å². The van der Waals surface area contributed by atoms with Crippen molar-refractivity contribution in [1.29, 1.82) is 0 Å². The summed E-state index contributed by atoms with van der Waals surface area (Å²) in [5.74, 6) is 0. The van der Waals surface area contributed by atoms with Crippen LogP contribution in [0.5, 0.6) is 0 Å². The van der Waals surface area contributed by atoms with Gasteiger partial charge in [-0.2, -0.15) is 0 Å². The van der Waals surface area contributed by atoms with E-state index in [-0.39, 0.29) is 0 Å². The normalized spacial score (nSPS) is 20.1. The molecule has 0 amide bonds.